The van der Waals surface area contributed by atoms with E-state index in [9.17, 15) is 9.59 Å². The van der Waals surface area contributed by atoms with Crippen LogP contribution in [0, 0.1) is 11.3 Å². The molecule has 0 aliphatic heterocycles. The van der Waals surface area contributed by atoms with Gasteiger partial charge in [0.15, 0.2) is 0 Å². The lowest BCUT2D eigenvalue weighted by Crippen LogP contribution is -2.26. The fraction of sp³-hybridized carbons (Fsp3) is 0.353. The number of amides is 1. The van der Waals surface area contributed by atoms with E-state index in [2.05, 4.69) is 10.6 Å². The van der Waals surface area contributed by atoms with Crippen molar-refractivity contribution in [3.8, 4) is 6.07 Å². The van der Waals surface area contributed by atoms with Gasteiger partial charge >= 0.3 is 5.97 Å². The van der Waals surface area contributed by atoms with Gasteiger partial charge in [-0.3, -0.25) is 4.79 Å². The number of nitriles is 1. The number of anilines is 1. The van der Waals surface area contributed by atoms with E-state index >= 15 is 0 Å². The number of carbonyl (C=O) groups excluding carboxylic acids is 2. The third-order valence-electron chi connectivity index (χ3n) is 2.98. The highest BCUT2D eigenvalue weighted by atomic mass is 16.5. The van der Waals surface area contributed by atoms with Gasteiger partial charge in [-0.15, -0.1) is 0 Å². The van der Waals surface area contributed by atoms with Crippen LogP contribution in [0.5, 0.6) is 0 Å². The second kappa shape index (κ2) is 10.0. The van der Waals surface area contributed by atoms with Crippen LogP contribution in [-0.4, -0.2) is 25.0 Å². The van der Waals surface area contributed by atoms with E-state index < -0.39 is 11.9 Å². The van der Waals surface area contributed by atoms with Crippen molar-refractivity contribution in [2.24, 2.45) is 0 Å². The number of ether oxygens (including phenoxy) is 1. The van der Waals surface area contributed by atoms with E-state index in [1.54, 1.807) is 31.2 Å². The highest BCUT2D eigenvalue weighted by molar-refractivity contribution is 5.98. The summed E-state index contributed by atoms with van der Waals surface area (Å²) in [5.41, 5.74) is 0.758. The van der Waals surface area contributed by atoms with Crippen LogP contribution in [0.4, 0.5) is 5.69 Å². The molecule has 0 aliphatic rings. The van der Waals surface area contributed by atoms with Crippen LogP contribution < -0.4 is 10.6 Å². The third-order valence-corrected chi connectivity index (χ3v) is 2.98. The molecule has 1 aromatic carbocycles. The first-order valence-electron chi connectivity index (χ1n) is 7.55. The van der Waals surface area contributed by atoms with Crippen molar-refractivity contribution in [1.29, 1.82) is 5.26 Å². The summed E-state index contributed by atoms with van der Waals surface area (Å²) in [5.74, 6) is -0.906. The molecule has 0 saturated carbocycles. The topological polar surface area (TPSA) is 91.2 Å². The fourth-order valence-corrected chi connectivity index (χ4v) is 1.77. The van der Waals surface area contributed by atoms with Crippen molar-refractivity contribution in [2.75, 3.05) is 18.5 Å². The first-order valence-corrected chi connectivity index (χ1v) is 7.55. The van der Waals surface area contributed by atoms with Crippen molar-refractivity contribution in [2.45, 2.75) is 26.7 Å². The molecule has 0 spiro atoms. The molecule has 0 heterocycles. The van der Waals surface area contributed by atoms with E-state index in [0.29, 0.717) is 17.8 Å². The van der Waals surface area contributed by atoms with Gasteiger partial charge < -0.3 is 15.4 Å². The van der Waals surface area contributed by atoms with Crippen LogP contribution in [0.3, 0.4) is 0 Å². The van der Waals surface area contributed by atoms with Crippen LogP contribution in [0.15, 0.2) is 36.0 Å². The number of hydrogen-bond acceptors (Lipinski definition) is 5. The molecule has 0 unspecified atom stereocenters. The van der Waals surface area contributed by atoms with Gasteiger partial charge in [0.25, 0.3) is 5.91 Å². The molecule has 0 aromatic heterocycles. The first kappa shape index (κ1) is 18.2. The zero-order valence-corrected chi connectivity index (χ0v) is 13.4. The summed E-state index contributed by atoms with van der Waals surface area (Å²) >= 11 is 0. The zero-order valence-electron chi connectivity index (χ0n) is 13.4. The van der Waals surface area contributed by atoms with Crippen LogP contribution in [0.2, 0.25) is 0 Å². The zero-order chi connectivity index (χ0) is 17.1. The van der Waals surface area contributed by atoms with Crippen molar-refractivity contribution in [3.63, 3.8) is 0 Å². The maximum atomic E-state index is 11.9. The quantitative estimate of drug-likeness (QED) is 0.333. The Morgan fingerprint density at radius 3 is 2.70 bits per heavy atom. The van der Waals surface area contributed by atoms with Crippen LogP contribution >= 0.6 is 0 Å². The third kappa shape index (κ3) is 5.83. The second-order valence-electron chi connectivity index (χ2n) is 4.69. The molecule has 23 heavy (non-hydrogen) atoms. The Bertz CT molecular complexity index is 618. The van der Waals surface area contributed by atoms with Gasteiger partial charge in [-0.1, -0.05) is 25.5 Å². The molecule has 1 rings (SSSR count). The van der Waals surface area contributed by atoms with E-state index in [1.165, 1.54) is 6.20 Å². The maximum Gasteiger partial charge on any atom is 0.340 e. The number of para-hydroxylation sites is 1. The van der Waals surface area contributed by atoms with Gasteiger partial charge in [0, 0.05) is 12.7 Å². The summed E-state index contributed by atoms with van der Waals surface area (Å²) < 4.78 is 4.97. The number of rotatable bonds is 8. The van der Waals surface area contributed by atoms with Crippen molar-refractivity contribution in [1.82, 2.24) is 5.32 Å². The predicted octanol–water partition coefficient (Wildman–Crippen LogP) is 2.60. The summed E-state index contributed by atoms with van der Waals surface area (Å²) in [6.07, 6.45) is 3.10. The molecule has 1 aromatic rings. The Labute approximate surface area is 136 Å². The van der Waals surface area contributed by atoms with Crippen molar-refractivity contribution >= 4 is 17.6 Å². The van der Waals surface area contributed by atoms with Crippen molar-refractivity contribution < 1.29 is 14.3 Å². The SMILES string of the molecule is CCCCNC(=O)/C(C#N)=C\Nc1ccccc1C(=O)OCC. The highest BCUT2D eigenvalue weighted by Gasteiger charge is 2.12. The minimum Gasteiger partial charge on any atom is -0.462 e. The predicted molar refractivity (Wildman–Crippen MR) is 87.6 cm³/mol. The van der Waals surface area contributed by atoms with Crippen LogP contribution in [0.25, 0.3) is 0 Å². The van der Waals surface area contributed by atoms with Gasteiger partial charge in [0.1, 0.15) is 11.6 Å². The Balaban J connectivity index is 2.84. The molecule has 0 radical (unpaired) electrons. The van der Waals surface area contributed by atoms with Crippen LogP contribution in [0.1, 0.15) is 37.0 Å². The fourth-order valence-electron chi connectivity index (χ4n) is 1.77. The monoisotopic (exact) mass is 315 g/mol. The number of carbonyl (C=O) groups is 2. The number of unbranched alkanes of at least 4 members (excludes halogenated alkanes) is 1. The summed E-state index contributed by atoms with van der Waals surface area (Å²) in [6, 6.07) is 8.58. The molecular weight excluding hydrogens is 294 g/mol. The molecule has 0 bridgehead atoms. The molecule has 122 valence electrons. The number of nitrogens with zero attached hydrogens (tertiary/aromatic N) is 1. The Morgan fingerprint density at radius 2 is 2.04 bits per heavy atom. The molecule has 6 nitrogen and oxygen atoms in total. The van der Waals surface area contributed by atoms with E-state index in [4.69, 9.17) is 10.00 Å². The number of hydrogen-bond donors (Lipinski definition) is 2. The average molecular weight is 315 g/mol. The van der Waals surface area contributed by atoms with Crippen molar-refractivity contribution in [3.05, 3.63) is 41.6 Å². The molecule has 0 atom stereocenters. The smallest absolute Gasteiger partial charge is 0.340 e. The van der Waals surface area contributed by atoms with E-state index in [1.807, 2.05) is 13.0 Å². The molecular formula is C17H21N3O3. The van der Waals surface area contributed by atoms with Gasteiger partial charge in [-0.05, 0) is 25.5 Å². The lowest BCUT2D eigenvalue weighted by molar-refractivity contribution is -0.117. The van der Waals surface area contributed by atoms with E-state index in [0.717, 1.165) is 12.8 Å². The van der Waals surface area contributed by atoms with Gasteiger partial charge in [0.05, 0.1) is 17.9 Å². The molecule has 2 N–H and O–H groups in total. The largest absolute Gasteiger partial charge is 0.462 e. The minimum absolute atomic E-state index is 0.0558. The maximum absolute atomic E-state index is 11.9. The molecule has 6 heteroatoms. The summed E-state index contributed by atoms with van der Waals surface area (Å²) in [5, 5.41) is 14.6. The average Bonchev–Trinajstić information content (AvgIpc) is 2.56. The number of esters is 1. The molecule has 0 fully saturated rings. The summed E-state index contributed by atoms with van der Waals surface area (Å²) in [6.45, 7) is 4.53. The Morgan fingerprint density at radius 1 is 1.30 bits per heavy atom. The first-order chi connectivity index (χ1) is 11.1. The van der Waals surface area contributed by atoms with Gasteiger partial charge in [-0.25, -0.2) is 4.79 Å². The van der Waals surface area contributed by atoms with Gasteiger partial charge in [0.2, 0.25) is 0 Å². The lowest BCUT2D eigenvalue weighted by atomic mass is 10.2. The normalized spacial score (nSPS) is 10.6. The number of nitrogens with one attached hydrogen (secondary N) is 2. The summed E-state index contributed by atoms with van der Waals surface area (Å²) in [4.78, 5) is 23.7. The Kier molecular flexibility index (Phi) is 7.94. The second-order valence-corrected chi connectivity index (χ2v) is 4.69. The lowest BCUT2D eigenvalue weighted by Gasteiger charge is -2.09. The standard InChI is InChI=1S/C17H21N3O3/c1-3-5-10-19-16(21)13(11-18)12-20-15-9-7-6-8-14(15)17(22)23-4-2/h6-9,12,20H,3-5,10H2,1-2H3,(H,19,21)/b13-12-. The highest BCUT2D eigenvalue weighted by Crippen LogP contribution is 2.16. The molecule has 1 amide bonds. The Hall–Kier alpha value is -2.81. The van der Waals surface area contributed by atoms with Crippen LogP contribution in [-0.2, 0) is 9.53 Å². The summed E-state index contributed by atoms with van der Waals surface area (Å²) in [7, 11) is 0. The molecule has 0 saturated heterocycles. The van der Waals surface area contributed by atoms with Gasteiger partial charge in [-0.2, -0.15) is 5.26 Å². The van der Waals surface area contributed by atoms with E-state index in [-0.39, 0.29) is 12.2 Å². The molecule has 0 aliphatic carbocycles. The number of benzene rings is 1. The minimum atomic E-state index is -0.463.